The van der Waals surface area contributed by atoms with Crippen molar-refractivity contribution in [2.75, 3.05) is 6.61 Å². The maximum Gasteiger partial charge on any atom is 1.00 e. The van der Waals surface area contributed by atoms with Crippen LogP contribution in [0.4, 0.5) is 0 Å². The van der Waals surface area contributed by atoms with E-state index in [0.717, 1.165) is 12.8 Å². The fourth-order valence-corrected chi connectivity index (χ4v) is 1.55. The van der Waals surface area contributed by atoms with E-state index in [1.807, 2.05) is 0 Å². The number of rotatable bonds is 9. The van der Waals surface area contributed by atoms with Crippen molar-refractivity contribution in [2.45, 2.75) is 51.9 Å². The van der Waals surface area contributed by atoms with Gasteiger partial charge in [-0.3, -0.25) is 4.55 Å². The average Bonchev–Trinajstić information content (AvgIpc) is 2.08. The molecule has 0 heterocycles. The van der Waals surface area contributed by atoms with E-state index < -0.39 is 10.4 Å². The van der Waals surface area contributed by atoms with Crippen molar-refractivity contribution in [2.24, 2.45) is 0 Å². The first-order valence-corrected chi connectivity index (χ1v) is 6.54. The monoisotopic (exact) mass is 232 g/mol. The third-order valence-corrected chi connectivity index (χ3v) is 2.44. The summed E-state index contributed by atoms with van der Waals surface area (Å²) in [5, 5.41) is 0. The SMILES string of the molecule is CCCCCCCCCOS(=O)(=O)O.[H-].[Li+]. The molecule has 88 valence electrons. The van der Waals surface area contributed by atoms with E-state index in [0.29, 0.717) is 6.42 Å². The van der Waals surface area contributed by atoms with Gasteiger partial charge >= 0.3 is 29.3 Å². The van der Waals surface area contributed by atoms with Crippen LogP contribution in [0, 0.1) is 0 Å². The zero-order valence-electron chi connectivity index (χ0n) is 10.7. The molecule has 0 rings (SSSR count). The van der Waals surface area contributed by atoms with Crippen LogP contribution in [0.2, 0.25) is 0 Å². The van der Waals surface area contributed by atoms with Gasteiger partial charge in [-0.15, -0.1) is 0 Å². The molecule has 0 unspecified atom stereocenters. The summed E-state index contributed by atoms with van der Waals surface area (Å²) in [6, 6.07) is 0. The van der Waals surface area contributed by atoms with Crippen LogP contribution in [0.3, 0.4) is 0 Å². The predicted octanol–water partition coefficient (Wildman–Crippen LogP) is -0.327. The van der Waals surface area contributed by atoms with Crippen molar-refractivity contribution in [3.8, 4) is 0 Å². The molecule has 0 fully saturated rings. The molecule has 0 bridgehead atoms. The van der Waals surface area contributed by atoms with Gasteiger partial charge in [-0.1, -0.05) is 45.4 Å². The first-order chi connectivity index (χ1) is 6.56. The van der Waals surface area contributed by atoms with Crippen LogP contribution in [0.25, 0.3) is 0 Å². The number of hydrogen-bond acceptors (Lipinski definition) is 3. The molecule has 0 aliphatic rings. The van der Waals surface area contributed by atoms with E-state index in [2.05, 4.69) is 11.1 Å². The molecular weight excluding hydrogens is 211 g/mol. The Morgan fingerprint density at radius 3 is 2.00 bits per heavy atom. The Morgan fingerprint density at radius 1 is 1.07 bits per heavy atom. The van der Waals surface area contributed by atoms with E-state index in [1.54, 1.807) is 0 Å². The first kappa shape index (κ1) is 17.8. The summed E-state index contributed by atoms with van der Waals surface area (Å²) in [7, 11) is -4.23. The molecule has 1 N–H and O–H groups in total. The topological polar surface area (TPSA) is 63.6 Å². The standard InChI is InChI=1S/C9H20O4S.Li.H/c1-2-3-4-5-6-7-8-9-13-14(10,11)12;;/h2-9H2,1H3,(H,10,11,12);;/q;+1;-1. The minimum atomic E-state index is -4.23. The van der Waals surface area contributed by atoms with Crippen molar-refractivity contribution in [1.29, 1.82) is 0 Å². The summed E-state index contributed by atoms with van der Waals surface area (Å²) in [5.41, 5.74) is 0. The second-order valence-electron chi connectivity index (χ2n) is 3.37. The van der Waals surface area contributed by atoms with E-state index in [4.69, 9.17) is 4.55 Å². The van der Waals surface area contributed by atoms with Gasteiger partial charge in [0, 0.05) is 0 Å². The fourth-order valence-electron chi connectivity index (χ4n) is 1.22. The summed E-state index contributed by atoms with van der Waals surface area (Å²) < 4.78 is 32.7. The van der Waals surface area contributed by atoms with Gasteiger partial charge < -0.3 is 1.43 Å². The fraction of sp³-hybridized carbons (Fsp3) is 1.00. The molecular formula is C9H21LiO4S. The first-order valence-electron chi connectivity index (χ1n) is 5.18. The molecule has 0 atom stereocenters. The van der Waals surface area contributed by atoms with Crippen LogP contribution >= 0.6 is 0 Å². The molecule has 4 nitrogen and oxygen atoms in total. The molecule has 0 aromatic rings. The quantitative estimate of drug-likeness (QED) is 0.336. The maximum atomic E-state index is 10.1. The Balaban J connectivity index is -0.000000845. The molecule has 0 amide bonds. The van der Waals surface area contributed by atoms with Crippen molar-refractivity contribution in [3.63, 3.8) is 0 Å². The van der Waals surface area contributed by atoms with Crippen molar-refractivity contribution in [1.82, 2.24) is 0 Å². The summed E-state index contributed by atoms with van der Waals surface area (Å²) in [6.45, 7) is 2.26. The van der Waals surface area contributed by atoms with Gasteiger partial charge in [-0.2, -0.15) is 8.42 Å². The van der Waals surface area contributed by atoms with Gasteiger partial charge in [-0.05, 0) is 6.42 Å². The van der Waals surface area contributed by atoms with Crippen LogP contribution in [0.5, 0.6) is 0 Å². The smallest absolute Gasteiger partial charge is 1.00 e. The third kappa shape index (κ3) is 17.1. The van der Waals surface area contributed by atoms with Gasteiger partial charge in [0.15, 0.2) is 0 Å². The van der Waals surface area contributed by atoms with Gasteiger partial charge in [0.1, 0.15) is 0 Å². The van der Waals surface area contributed by atoms with Crippen molar-refractivity contribution < 1.29 is 37.4 Å². The molecule has 0 spiro atoms. The molecule has 0 aliphatic carbocycles. The van der Waals surface area contributed by atoms with Crippen LogP contribution in [0.15, 0.2) is 0 Å². The van der Waals surface area contributed by atoms with Crippen LogP contribution in [0.1, 0.15) is 53.3 Å². The summed E-state index contributed by atoms with van der Waals surface area (Å²) in [4.78, 5) is 0. The average molecular weight is 232 g/mol. The Hall–Kier alpha value is 0.467. The summed E-state index contributed by atoms with van der Waals surface area (Å²) in [5.74, 6) is 0. The number of unbranched alkanes of at least 4 members (excludes halogenated alkanes) is 6. The molecule has 0 aromatic carbocycles. The summed E-state index contributed by atoms with van der Waals surface area (Å²) >= 11 is 0. The molecule has 0 aliphatic heterocycles. The second kappa shape index (κ2) is 11.0. The maximum absolute atomic E-state index is 10.1. The normalized spacial score (nSPS) is 11.1. The number of hydrogen-bond donors (Lipinski definition) is 1. The van der Waals surface area contributed by atoms with Crippen LogP contribution in [-0.4, -0.2) is 19.6 Å². The Morgan fingerprint density at radius 2 is 1.53 bits per heavy atom. The van der Waals surface area contributed by atoms with E-state index in [9.17, 15) is 8.42 Å². The van der Waals surface area contributed by atoms with Crippen molar-refractivity contribution >= 4 is 10.4 Å². The van der Waals surface area contributed by atoms with E-state index >= 15 is 0 Å². The summed E-state index contributed by atoms with van der Waals surface area (Å²) in [6.07, 6.45) is 7.68. The minimum absolute atomic E-state index is 0. The van der Waals surface area contributed by atoms with Gasteiger partial charge in [0.2, 0.25) is 0 Å². The van der Waals surface area contributed by atoms with Crippen molar-refractivity contribution in [3.05, 3.63) is 0 Å². The molecule has 0 radical (unpaired) electrons. The van der Waals surface area contributed by atoms with Gasteiger partial charge in [0.05, 0.1) is 6.61 Å². The molecule has 0 saturated carbocycles. The third-order valence-electron chi connectivity index (χ3n) is 1.98. The predicted molar refractivity (Wildman–Crippen MR) is 56.6 cm³/mol. The Bertz CT molecular complexity index is 222. The van der Waals surface area contributed by atoms with Crippen LogP contribution < -0.4 is 18.9 Å². The second-order valence-corrected chi connectivity index (χ2v) is 4.46. The largest absolute Gasteiger partial charge is 1.00 e. The minimum Gasteiger partial charge on any atom is -1.00 e. The van der Waals surface area contributed by atoms with E-state index in [1.165, 1.54) is 25.7 Å². The Labute approximate surface area is 106 Å². The molecule has 6 heteroatoms. The Kier molecular flexibility index (Phi) is 13.1. The molecule has 0 saturated heterocycles. The zero-order chi connectivity index (χ0) is 10.9. The van der Waals surface area contributed by atoms with Crippen LogP contribution in [-0.2, 0) is 14.6 Å². The molecule has 15 heavy (non-hydrogen) atoms. The van der Waals surface area contributed by atoms with Gasteiger partial charge in [0.25, 0.3) is 0 Å². The van der Waals surface area contributed by atoms with Gasteiger partial charge in [-0.25, -0.2) is 4.18 Å². The zero-order valence-corrected chi connectivity index (χ0v) is 10.6. The molecule has 0 aromatic heterocycles. The van der Waals surface area contributed by atoms with E-state index in [-0.39, 0.29) is 26.9 Å².